The molecule has 138 valence electrons. The Hall–Kier alpha value is -1.82. The highest BCUT2D eigenvalue weighted by molar-refractivity contribution is 8.00. The normalized spacial score (nSPS) is 28.5. The Labute approximate surface area is 158 Å². The Morgan fingerprint density at radius 3 is 2.15 bits per heavy atom. The number of thioether (sulfide) groups is 1. The van der Waals surface area contributed by atoms with Gasteiger partial charge < -0.3 is 14.2 Å². The van der Waals surface area contributed by atoms with Crippen LogP contribution in [0.2, 0.25) is 0 Å². The molecule has 5 unspecified atom stereocenters. The van der Waals surface area contributed by atoms with Crippen molar-refractivity contribution in [3.63, 3.8) is 0 Å². The zero-order valence-electron chi connectivity index (χ0n) is 15.2. The number of hydrogen-bond acceptors (Lipinski definition) is 5. The highest BCUT2D eigenvalue weighted by Crippen LogP contribution is 2.37. The summed E-state index contributed by atoms with van der Waals surface area (Å²) < 4.78 is 17.7. The van der Waals surface area contributed by atoms with Crippen LogP contribution >= 0.6 is 11.8 Å². The minimum atomic E-state index is -0.467. The first-order valence-corrected chi connectivity index (χ1v) is 9.64. The van der Waals surface area contributed by atoms with Gasteiger partial charge in [0.15, 0.2) is 6.10 Å². The molecule has 1 heterocycles. The van der Waals surface area contributed by atoms with E-state index in [1.54, 1.807) is 31.0 Å². The number of rotatable bonds is 5. The Balaban J connectivity index is 1.78. The van der Waals surface area contributed by atoms with Crippen LogP contribution in [-0.4, -0.2) is 42.7 Å². The van der Waals surface area contributed by atoms with Crippen molar-refractivity contribution in [3.05, 3.63) is 66.2 Å². The molecule has 5 atom stereocenters. The first kappa shape index (κ1) is 19.0. The lowest BCUT2D eigenvalue weighted by atomic mass is 9.98. The smallest absolute Gasteiger partial charge is 0.338 e. The molecule has 1 aliphatic rings. The van der Waals surface area contributed by atoms with E-state index in [1.807, 2.05) is 50.2 Å². The summed E-state index contributed by atoms with van der Waals surface area (Å²) in [5.41, 5.74) is 0.528. The van der Waals surface area contributed by atoms with E-state index in [1.165, 1.54) is 0 Å². The minimum absolute atomic E-state index is 0.0205. The number of benzene rings is 2. The van der Waals surface area contributed by atoms with Gasteiger partial charge in [-0.3, -0.25) is 0 Å². The maximum absolute atomic E-state index is 12.5. The Kier molecular flexibility index (Phi) is 6.35. The van der Waals surface area contributed by atoms with Crippen molar-refractivity contribution in [3.8, 4) is 0 Å². The van der Waals surface area contributed by atoms with Gasteiger partial charge in [-0.1, -0.05) is 36.4 Å². The Morgan fingerprint density at radius 1 is 0.923 bits per heavy atom. The first-order valence-electron chi connectivity index (χ1n) is 8.76. The third-order valence-corrected chi connectivity index (χ3v) is 6.01. The van der Waals surface area contributed by atoms with Gasteiger partial charge in [0.05, 0.1) is 23.0 Å². The van der Waals surface area contributed by atoms with Gasteiger partial charge in [-0.2, -0.15) is 0 Å². The second-order valence-corrected chi connectivity index (χ2v) is 7.63. The Bertz CT molecular complexity index is 706. The molecular weight excluding hydrogens is 348 g/mol. The van der Waals surface area contributed by atoms with Crippen LogP contribution in [0, 0.1) is 0 Å². The molecule has 26 heavy (non-hydrogen) atoms. The number of carbonyl (C=O) groups excluding carboxylic acids is 1. The average Bonchev–Trinajstić information content (AvgIpc) is 2.67. The molecule has 1 aliphatic heterocycles. The fourth-order valence-corrected chi connectivity index (χ4v) is 4.52. The summed E-state index contributed by atoms with van der Waals surface area (Å²) in [6.45, 7) is 3.97. The molecule has 5 heteroatoms. The van der Waals surface area contributed by atoms with Crippen molar-refractivity contribution < 1.29 is 19.0 Å². The van der Waals surface area contributed by atoms with Crippen molar-refractivity contribution >= 4 is 17.7 Å². The Morgan fingerprint density at radius 2 is 1.54 bits per heavy atom. The summed E-state index contributed by atoms with van der Waals surface area (Å²) in [5.74, 6) is -0.355. The van der Waals surface area contributed by atoms with E-state index in [4.69, 9.17) is 14.2 Å². The third kappa shape index (κ3) is 4.29. The lowest BCUT2D eigenvalue weighted by molar-refractivity contribution is -0.163. The summed E-state index contributed by atoms with van der Waals surface area (Å²) in [6.07, 6.45) is -0.987. The number of esters is 1. The molecule has 0 aliphatic carbocycles. The molecule has 0 N–H and O–H groups in total. The molecule has 3 rings (SSSR count). The van der Waals surface area contributed by atoms with Crippen molar-refractivity contribution in [2.24, 2.45) is 0 Å². The zero-order chi connectivity index (χ0) is 18.5. The molecule has 0 aromatic heterocycles. The number of ether oxygens (including phenoxy) is 3. The van der Waals surface area contributed by atoms with Crippen LogP contribution in [0.5, 0.6) is 0 Å². The summed E-state index contributed by atoms with van der Waals surface area (Å²) in [7, 11) is 1.66. The fraction of sp³-hybridized carbons (Fsp3) is 0.381. The fourth-order valence-electron chi connectivity index (χ4n) is 3.23. The maximum Gasteiger partial charge on any atom is 0.338 e. The number of carbonyl (C=O) groups is 1. The predicted molar refractivity (Wildman–Crippen MR) is 103 cm³/mol. The van der Waals surface area contributed by atoms with E-state index in [2.05, 4.69) is 12.1 Å². The van der Waals surface area contributed by atoms with Crippen molar-refractivity contribution in [1.29, 1.82) is 0 Å². The molecule has 0 spiro atoms. The number of methoxy groups -OCH3 is 1. The van der Waals surface area contributed by atoms with Gasteiger partial charge in [0.25, 0.3) is 0 Å². The van der Waals surface area contributed by atoms with Gasteiger partial charge in [0.2, 0.25) is 0 Å². The topological polar surface area (TPSA) is 44.8 Å². The van der Waals surface area contributed by atoms with Gasteiger partial charge in [-0.05, 0) is 38.1 Å². The van der Waals surface area contributed by atoms with Crippen LogP contribution in [0.1, 0.15) is 24.2 Å². The van der Waals surface area contributed by atoms with Gasteiger partial charge in [-0.15, -0.1) is 11.8 Å². The van der Waals surface area contributed by atoms with E-state index in [-0.39, 0.29) is 29.5 Å². The highest BCUT2D eigenvalue weighted by Gasteiger charge is 2.45. The van der Waals surface area contributed by atoms with Crippen LogP contribution in [-0.2, 0) is 14.2 Å². The summed E-state index contributed by atoms with van der Waals surface area (Å²) in [4.78, 5) is 13.7. The summed E-state index contributed by atoms with van der Waals surface area (Å²) >= 11 is 1.69. The molecule has 4 nitrogen and oxygen atoms in total. The second-order valence-electron chi connectivity index (χ2n) is 6.38. The molecule has 2 aromatic carbocycles. The molecule has 2 aromatic rings. The lowest BCUT2D eigenvalue weighted by Crippen LogP contribution is -2.56. The van der Waals surface area contributed by atoms with Gasteiger partial charge in [0.1, 0.15) is 6.10 Å². The van der Waals surface area contributed by atoms with E-state index in [0.29, 0.717) is 5.56 Å². The predicted octanol–water partition coefficient (Wildman–Crippen LogP) is 4.20. The molecule has 0 amide bonds. The molecule has 1 fully saturated rings. The lowest BCUT2D eigenvalue weighted by Gasteiger charge is -2.43. The van der Waals surface area contributed by atoms with Crippen LogP contribution in [0.25, 0.3) is 0 Å². The van der Waals surface area contributed by atoms with Crippen LogP contribution < -0.4 is 0 Å². The van der Waals surface area contributed by atoms with Gasteiger partial charge >= 0.3 is 5.97 Å². The molecule has 0 radical (unpaired) electrons. The monoisotopic (exact) mass is 372 g/mol. The van der Waals surface area contributed by atoms with E-state index in [0.717, 1.165) is 4.90 Å². The summed E-state index contributed by atoms with van der Waals surface area (Å²) in [6, 6.07) is 19.1. The third-order valence-electron chi connectivity index (χ3n) is 4.54. The van der Waals surface area contributed by atoms with Crippen molar-refractivity contribution in [2.75, 3.05) is 7.11 Å². The van der Waals surface area contributed by atoms with Crippen LogP contribution in [0.3, 0.4) is 0 Å². The molecule has 1 saturated heterocycles. The van der Waals surface area contributed by atoms with Gasteiger partial charge in [-0.25, -0.2) is 4.79 Å². The van der Waals surface area contributed by atoms with Gasteiger partial charge in [0, 0.05) is 12.0 Å². The highest BCUT2D eigenvalue weighted by atomic mass is 32.2. The quantitative estimate of drug-likeness (QED) is 0.736. The molecule has 0 bridgehead atoms. The SMILES string of the molecule is COC1C(OC(=O)c2ccccc2)C(C)OC(C)C1Sc1ccccc1. The minimum Gasteiger partial charge on any atom is -0.453 e. The maximum atomic E-state index is 12.5. The van der Waals surface area contributed by atoms with Crippen LogP contribution in [0.4, 0.5) is 0 Å². The number of hydrogen-bond donors (Lipinski definition) is 0. The van der Waals surface area contributed by atoms with Crippen LogP contribution in [0.15, 0.2) is 65.6 Å². The van der Waals surface area contributed by atoms with Crippen molar-refractivity contribution in [2.45, 2.75) is 48.4 Å². The standard InChI is InChI=1S/C21H24O4S/c1-14-18(25-21(22)16-10-6-4-7-11-16)19(23-3)20(15(2)24-14)26-17-12-8-5-9-13-17/h4-15,18-20H,1-3H3. The second kappa shape index (κ2) is 8.71. The molecular formula is C21H24O4S. The average molecular weight is 372 g/mol. The largest absolute Gasteiger partial charge is 0.453 e. The summed E-state index contributed by atoms with van der Waals surface area (Å²) in [5, 5.41) is 0.0205. The first-order chi connectivity index (χ1) is 12.6. The zero-order valence-corrected chi connectivity index (χ0v) is 16.0. The van der Waals surface area contributed by atoms with Crippen molar-refractivity contribution in [1.82, 2.24) is 0 Å². The van der Waals surface area contributed by atoms with E-state index in [9.17, 15) is 4.79 Å². The van der Waals surface area contributed by atoms with E-state index < -0.39 is 6.10 Å². The molecule has 0 saturated carbocycles. The van der Waals surface area contributed by atoms with E-state index >= 15 is 0 Å².